The van der Waals surface area contributed by atoms with Crippen LogP contribution in [0.15, 0.2) is 60.7 Å². The van der Waals surface area contributed by atoms with Crippen LogP contribution in [0, 0.1) is 6.92 Å². The fourth-order valence-corrected chi connectivity index (χ4v) is 3.45. The number of aryl methyl sites for hydroxylation is 1. The van der Waals surface area contributed by atoms with Gasteiger partial charge < -0.3 is 9.80 Å². The Morgan fingerprint density at radius 3 is 2.63 bits per heavy atom. The van der Waals surface area contributed by atoms with Gasteiger partial charge in [0, 0.05) is 31.5 Å². The van der Waals surface area contributed by atoms with Crippen molar-refractivity contribution in [1.29, 1.82) is 0 Å². The summed E-state index contributed by atoms with van der Waals surface area (Å²) in [4.78, 5) is 25.9. The lowest BCUT2D eigenvalue weighted by Gasteiger charge is -2.20. The van der Waals surface area contributed by atoms with Crippen LogP contribution in [0.25, 0.3) is 0 Å². The molecule has 1 aromatic heterocycles. The molecule has 3 aromatic rings. The zero-order chi connectivity index (χ0) is 18.8. The Kier molecular flexibility index (Phi) is 4.59. The molecule has 2 heterocycles. The highest BCUT2D eigenvalue weighted by molar-refractivity contribution is 5.92. The van der Waals surface area contributed by atoms with Gasteiger partial charge in [-0.3, -0.25) is 4.79 Å². The first kappa shape index (κ1) is 17.2. The molecule has 0 unspecified atom stereocenters. The lowest BCUT2D eigenvalue weighted by Crippen LogP contribution is -2.28. The average Bonchev–Trinajstić information content (AvgIpc) is 3.12. The van der Waals surface area contributed by atoms with E-state index in [0.717, 1.165) is 29.9 Å². The number of anilines is 2. The number of carbonyl (C=O) groups excluding carboxylic acids is 1. The van der Waals surface area contributed by atoms with Crippen LogP contribution in [-0.4, -0.2) is 34.4 Å². The first-order valence-electron chi connectivity index (χ1n) is 9.12. The number of fused-ring (bicyclic) bond motifs is 1. The Morgan fingerprint density at radius 1 is 1.07 bits per heavy atom. The second kappa shape index (κ2) is 7.19. The van der Waals surface area contributed by atoms with Crippen LogP contribution in [0.3, 0.4) is 0 Å². The molecule has 1 aliphatic rings. The van der Waals surface area contributed by atoms with E-state index in [-0.39, 0.29) is 5.91 Å². The molecule has 5 nitrogen and oxygen atoms in total. The van der Waals surface area contributed by atoms with E-state index in [0.29, 0.717) is 18.2 Å². The number of carbonyl (C=O) groups is 1. The van der Waals surface area contributed by atoms with Crippen molar-refractivity contribution >= 4 is 17.5 Å². The normalized spacial score (nSPS) is 12.7. The molecule has 27 heavy (non-hydrogen) atoms. The van der Waals surface area contributed by atoms with Crippen LogP contribution < -0.4 is 4.90 Å². The minimum atomic E-state index is -0.0990. The molecule has 0 radical (unpaired) electrons. The fourth-order valence-electron chi connectivity index (χ4n) is 3.45. The summed E-state index contributed by atoms with van der Waals surface area (Å²) < 4.78 is 0. The lowest BCUT2D eigenvalue weighted by molar-refractivity contribution is 0.0779. The predicted octanol–water partition coefficient (Wildman–Crippen LogP) is 3.75. The Balaban J connectivity index is 1.60. The summed E-state index contributed by atoms with van der Waals surface area (Å²) in [5.74, 6) is 0.495. The van der Waals surface area contributed by atoms with Gasteiger partial charge in [0.1, 0.15) is 5.69 Å². The van der Waals surface area contributed by atoms with Crippen molar-refractivity contribution in [2.24, 2.45) is 0 Å². The van der Waals surface area contributed by atoms with Crippen LogP contribution in [0.1, 0.15) is 27.3 Å². The third kappa shape index (κ3) is 3.53. The molecule has 0 saturated carbocycles. The molecule has 0 spiro atoms. The molecule has 2 aromatic carbocycles. The van der Waals surface area contributed by atoms with E-state index >= 15 is 0 Å². The molecule has 136 valence electrons. The summed E-state index contributed by atoms with van der Waals surface area (Å²) in [6, 6.07) is 20.0. The lowest BCUT2D eigenvalue weighted by atomic mass is 10.2. The number of amides is 1. The van der Waals surface area contributed by atoms with Gasteiger partial charge in [-0.1, -0.05) is 48.5 Å². The van der Waals surface area contributed by atoms with Gasteiger partial charge in [-0.15, -0.1) is 0 Å². The number of rotatable bonds is 4. The number of hydrogen-bond acceptors (Lipinski definition) is 4. The summed E-state index contributed by atoms with van der Waals surface area (Å²) >= 11 is 0. The second-order valence-electron chi connectivity index (χ2n) is 6.87. The average molecular weight is 358 g/mol. The largest absolute Gasteiger partial charge is 0.336 e. The van der Waals surface area contributed by atoms with Crippen LogP contribution >= 0.6 is 0 Å². The van der Waals surface area contributed by atoms with Crippen molar-refractivity contribution in [2.45, 2.75) is 19.9 Å². The van der Waals surface area contributed by atoms with E-state index in [9.17, 15) is 4.79 Å². The minimum Gasteiger partial charge on any atom is -0.336 e. The molecule has 0 bridgehead atoms. The maximum absolute atomic E-state index is 12.9. The van der Waals surface area contributed by atoms with Crippen LogP contribution in [0.2, 0.25) is 0 Å². The summed E-state index contributed by atoms with van der Waals surface area (Å²) in [6.07, 6.45) is 0.963. The molecule has 1 amide bonds. The van der Waals surface area contributed by atoms with E-state index in [1.165, 1.54) is 5.56 Å². The summed E-state index contributed by atoms with van der Waals surface area (Å²) in [7, 11) is 1.80. The molecule has 0 saturated heterocycles. The second-order valence-corrected chi connectivity index (χ2v) is 6.87. The number of para-hydroxylation sites is 1. The molecular formula is C22H22N4O. The molecule has 5 heteroatoms. The van der Waals surface area contributed by atoms with Crippen molar-refractivity contribution in [3.8, 4) is 0 Å². The van der Waals surface area contributed by atoms with Gasteiger partial charge in [0.2, 0.25) is 5.95 Å². The summed E-state index contributed by atoms with van der Waals surface area (Å²) in [5, 5.41) is 0. The monoisotopic (exact) mass is 358 g/mol. The summed E-state index contributed by atoms with van der Waals surface area (Å²) in [6.45, 7) is 3.28. The molecule has 0 atom stereocenters. The number of nitrogens with zero attached hydrogens (tertiary/aromatic N) is 4. The van der Waals surface area contributed by atoms with E-state index < -0.39 is 0 Å². The standard InChI is InChI=1S/C22H22N4O/c1-16-14-19(21(27)25(2)15-17-8-4-3-5-9-17)24-22(23-16)26-13-12-18-10-6-7-11-20(18)26/h3-11,14H,12-13,15H2,1-2H3. The molecule has 0 aliphatic carbocycles. The van der Waals surface area contributed by atoms with Gasteiger partial charge in [-0.2, -0.15) is 0 Å². The maximum atomic E-state index is 12.9. The van der Waals surface area contributed by atoms with Crippen LogP contribution in [0.5, 0.6) is 0 Å². The van der Waals surface area contributed by atoms with Crippen LogP contribution in [-0.2, 0) is 13.0 Å². The predicted molar refractivity (Wildman–Crippen MR) is 106 cm³/mol. The SMILES string of the molecule is Cc1cc(C(=O)N(C)Cc2ccccc2)nc(N2CCc3ccccc32)n1. The topological polar surface area (TPSA) is 49.3 Å². The molecule has 4 rings (SSSR count). The number of benzene rings is 2. The molecule has 0 N–H and O–H groups in total. The highest BCUT2D eigenvalue weighted by Gasteiger charge is 2.24. The van der Waals surface area contributed by atoms with Crippen molar-refractivity contribution in [2.75, 3.05) is 18.5 Å². The third-order valence-corrected chi connectivity index (χ3v) is 4.80. The molecular weight excluding hydrogens is 336 g/mol. The van der Waals surface area contributed by atoms with Crippen molar-refractivity contribution in [3.05, 3.63) is 83.2 Å². The van der Waals surface area contributed by atoms with Gasteiger partial charge in [-0.05, 0) is 36.6 Å². The number of aromatic nitrogens is 2. The quantitative estimate of drug-likeness (QED) is 0.713. The summed E-state index contributed by atoms with van der Waals surface area (Å²) in [5.41, 5.74) is 4.73. The van der Waals surface area contributed by atoms with E-state index in [1.807, 2.05) is 49.4 Å². The van der Waals surface area contributed by atoms with Gasteiger partial charge in [0.15, 0.2) is 0 Å². The first-order valence-corrected chi connectivity index (χ1v) is 9.12. The van der Waals surface area contributed by atoms with Crippen LogP contribution in [0.4, 0.5) is 11.6 Å². The smallest absolute Gasteiger partial charge is 0.272 e. The number of hydrogen-bond donors (Lipinski definition) is 0. The van der Waals surface area contributed by atoms with E-state index in [2.05, 4.69) is 27.0 Å². The maximum Gasteiger partial charge on any atom is 0.272 e. The third-order valence-electron chi connectivity index (χ3n) is 4.80. The first-order chi connectivity index (χ1) is 13.1. The van der Waals surface area contributed by atoms with Gasteiger partial charge >= 0.3 is 0 Å². The van der Waals surface area contributed by atoms with Crippen molar-refractivity contribution in [3.63, 3.8) is 0 Å². The Hall–Kier alpha value is -3.21. The molecule has 0 fully saturated rings. The fraction of sp³-hybridized carbons (Fsp3) is 0.227. The van der Waals surface area contributed by atoms with E-state index in [4.69, 9.17) is 0 Å². The highest BCUT2D eigenvalue weighted by Crippen LogP contribution is 2.32. The van der Waals surface area contributed by atoms with E-state index in [1.54, 1.807) is 18.0 Å². The van der Waals surface area contributed by atoms with Gasteiger partial charge in [0.05, 0.1) is 0 Å². The van der Waals surface area contributed by atoms with Gasteiger partial charge in [-0.25, -0.2) is 9.97 Å². The zero-order valence-corrected chi connectivity index (χ0v) is 15.6. The Bertz CT molecular complexity index is 971. The minimum absolute atomic E-state index is 0.0990. The van der Waals surface area contributed by atoms with Crippen molar-refractivity contribution < 1.29 is 4.79 Å². The Morgan fingerprint density at radius 2 is 1.81 bits per heavy atom. The van der Waals surface area contributed by atoms with Gasteiger partial charge in [0.25, 0.3) is 5.91 Å². The zero-order valence-electron chi connectivity index (χ0n) is 15.6. The Labute approximate surface area is 159 Å². The van der Waals surface area contributed by atoms with Crippen molar-refractivity contribution in [1.82, 2.24) is 14.9 Å². The highest BCUT2D eigenvalue weighted by atomic mass is 16.2. The molecule has 1 aliphatic heterocycles.